The third kappa shape index (κ3) is 3.33. The van der Waals surface area contributed by atoms with E-state index in [1.54, 1.807) is 36.5 Å². The van der Waals surface area contributed by atoms with Gasteiger partial charge in [0.05, 0.1) is 16.1 Å². The molecule has 27 heavy (non-hydrogen) atoms. The largest absolute Gasteiger partial charge is 0.367 e. The number of halogens is 1. The van der Waals surface area contributed by atoms with E-state index in [2.05, 4.69) is 16.7 Å². The summed E-state index contributed by atoms with van der Waals surface area (Å²) in [5.74, 6) is 0. The summed E-state index contributed by atoms with van der Waals surface area (Å²) in [5.41, 5.74) is 1.55. The molecule has 0 bridgehead atoms. The van der Waals surface area contributed by atoms with Crippen LogP contribution in [0.15, 0.2) is 59.6 Å². The number of hydrogen-bond donors (Lipinski definition) is 0. The highest BCUT2D eigenvalue weighted by Gasteiger charge is 2.25. The number of piperazine rings is 1. The molecule has 0 spiro atoms. The Kier molecular flexibility index (Phi) is 4.88. The fourth-order valence-electron chi connectivity index (χ4n) is 3.62. The zero-order chi connectivity index (χ0) is 19.0. The number of rotatable bonds is 4. The molecule has 0 radical (unpaired) electrons. The maximum absolute atomic E-state index is 13.2. The third-order valence-electron chi connectivity index (χ3n) is 5.17. The van der Waals surface area contributed by atoms with Crippen LogP contribution in [0.25, 0.3) is 10.9 Å². The predicted molar refractivity (Wildman–Crippen MR) is 110 cm³/mol. The summed E-state index contributed by atoms with van der Waals surface area (Å²) in [6, 6.07) is 14.0. The van der Waals surface area contributed by atoms with Crippen molar-refractivity contribution in [1.82, 2.24) is 8.87 Å². The normalized spacial score (nSPS) is 16.1. The van der Waals surface area contributed by atoms with Gasteiger partial charge < -0.3 is 9.80 Å². The lowest BCUT2D eigenvalue weighted by molar-refractivity contribution is 0.271. The molecule has 1 fully saturated rings. The van der Waals surface area contributed by atoms with Crippen LogP contribution >= 0.6 is 11.6 Å². The van der Waals surface area contributed by atoms with E-state index in [0.717, 1.165) is 43.8 Å². The van der Waals surface area contributed by atoms with Crippen molar-refractivity contribution >= 4 is 38.2 Å². The number of aromatic nitrogens is 1. The van der Waals surface area contributed by atoms with Gasteiger partial charge in [0, 0.05) is 42.8 Å². The summed E-state index contributed by atoms with van der Waals surface area (Å²) < 4.78 is 27.9. The van der Waals surface area contributed by atoms with E-state index in [4.69, 9.17) is 11.6 Å². The molecule has 2 aromatic carbocycles. The van der Waals surface area contributed by atoms with Crippen LogP contribution in [0.2, 0.25) is 5.02 Å². The van der Waals surface area contributed by atoms with Crippen LogP contribution < -0.4 is 4.90 Å². The van der Waals surface area contributed by atoms with Crippen molar-refractivity contribution in [3.05, 3.63) is 59.8 Å². The first-order chi connectivity index (χ1) is 13.0. The lowest BCUT2D eigenvalue weighted by Crippen LogP contribution is -2.46. The number of fused-ring (bicyclic) bond motifs is 1. The minimum atomic E-state index is -3.69. The van der Waals surface area contributed by atoms with Gasteiger partial charge in [-0.25, -0.2) is 12.4 Å². The van der Waals surface area contributed by atoms with Gasteiger partial charge in [-0.1, -0.05) is 36.7 Å². The Morgan fingerprint density at radius 2 is 1.70 bits per heavy atom. The topological polar surface area (TPSA) is 45.5 Å². The Morgan fingerprint density at radius 1 is 1.00 bits per heavy atom. The lowest BCUT2D eigenvalue weighted by atomic mass is 10.2. The number of benzene rings is 2. The first-order valence-electron chi connectivity index (χ1n) is 9.09. The number of anilines is 1. The molecule has 0 amide bonds. The Morgan fingerprint density at radius 3 is 2.37 bits per heavy atom. The average molecular weight is 404 g/mol. The van der Waals surface area contributed by atoms with Gasteiger partial charge in [0.2, 0.25) is 0 Å². The second kappa shape index (κ2) is 7.19. The summed E-state index contributed by atoms with van der Waals surface area (Å²) in [5, 5.41) is 1.43. The molecule has 2 heterocycles. The van der Waals surface area contributed by atoms with E-state index in [9.17, 15) is 8.42 Å². The van der Waals surface area contributed by atoms with Crippen molar-refractivity contribution in [3.63, 3.8) is 0 Å². The van der Waals surface area contributed by atoms with Gasteiger partial charge in [0.1, 0.15) is 0 Å². The number of likely N-dealkylation sites (N-methyl/N-ethyl adjacent to an activating group) is 1. The van der Waals surface area contributed by atoms with Gasteiger partial charge >= 0.3 is 0 Å². The second-order valence-electron chi connectivity index (χ2n) is 6.71. The summed E-state index contributed by atoms with van der Waals surface area (Å²) in [6.45, 7) is 6.90. The molecule has 1 aliphatic rings. The lowest BCUT2D eigenvalue weighted by Gasteiger charge is -2.35. The van der Waals surface area contributed by atoms with Crippen molar-refractivity contribution in [2.75, 3.05) is 37.6 Å². The van der Waals surface area contributed by atoms with Crippen molar-refractivity contribution in [2.24, 2.45) is 0 Å². The molecular formula is C20H22ClN3O2S. The van der Waals surface area contributed by atoms with E-state index < -0.39 is 10.0 Å². The molecule has 0 unspecified atom stereocenters. The van der Waals surface area contributed by atoms with Crippen molar-refractivity contribution in [2.45, 2.75) is 11.8 Å². The summed E-state index contributed by atoms with van der Waals surface area (Å²) in [4.78, 5) is 4.93. The molecule has 1 aliphatic heterocycles. The molecule has 0 atom stereocenters. The van der Waals surface area contributed by atoms with E-state index in [1.165, 1.54) is 3.97 Å². The Labute approximate surface area is 164 Å². The smallest absolute Gasteiger partial charge is 0.268 e. The van der Waals surface area contributed by atoms with Gasteiger partial charge in [0.15, 0.2) is 0 Å². The summed E-state index contributed by atoms with van der Waals surface area (Å²) in [7, 11) is -3.69. The van der Waals surface area contributed by atoms with Crippen molar-refractivity contribution < 1.29 is 8.42 Å². The van der Waals surface area contributed by atoms with E-state index >= 15 is 0 Å². The van der Waals surface area contributed by atoms with Gasteiger partial charge in [-0.05, 0) is 36.9 Å². The van der Waals surface area contributed by atoms with Crippen LogP contribution in [0.3, 0.4) is 0 Å². The first-order valence-corrected chi connectivity index (χ1v) is 10.9. The molecule has 0 aliphatic carbocycles. The molecule has 1 saturated heterocycles. The fraction of sp³-hybridized carbons (Fsp3) is 0.300. The fourth-order valence-corrected chi connectivity index (χ4v) is 5.16. The predicted octanol–water partition coefficient (Wildman–Crippen LogP) is 3.67. The molecule has 3 aromatic rings. The van der Waals surface area contributed by atoms with Gasteiger partial charge in [-0.2, -0.15) is 0 Å². The Bertz CT molecular complexity index is 1060. The number of nitrogens with zero attached hydrogens (tertiary/aromatic N) is 3. The highest BCUT2D eigenvalue weighted by Crippen LogP contribution is 2.34. The molecule has 1 aromatic heterocycles. The van der Waals surface area contributed by atoms with Crippen LogP contribution in [0.5, 0.6) is 0 Å². The maximum atomic E-state index is 13.2. The SMILES string of the molecule is CCN1CCN(c2cn(S(=O)(=O)c3ccccc3)c3cc(Cl)ccc23)CC1. The van der Waals surface area contributed by atoms with Crippen LogP contribution in [0, 0.1) is 0 Å². The monoisotopic (exact) mass is 403 g/mol. The Hall–Kier alpha value is -2.02. The number of hydrogen-bond acceptors (Lipinski definition) is 4. The highest BCUT2D eigenvalue weighted by atomic mass is 35.5. The molecule has 7 heteroatoms. The van der Waals surface area contributed by atoms with E-state index in [0.29, 0.717) is 10.5 Å². The van der Waals surface area contributed by atoms with Crippen LogP contribution in [-0.4, -0.2) is 50.0 Å². The second-order valence-corrected chi connectivity index (χ2v) is 8.96. The van der Waals surface area contributed by atoms with Gasteiger partial charge in [0.25, 0.3) is 10.0 Å². The molecule has 4 rings (SSSR count). The molecule has 0 saturated carbocycles. The minimum absolute atomic E-state index is 0.268. The highest BCUT2D eigenvalue weighted by molar-refractivity contribution is 7.90. The van der Waals surface area contributed by atoms with Gasteiger partial charge in [-0.3, -0.25) is 0 Å². The Balaban J connectivity index is 1.84. The minimum Gasteiger partial charge on any atom is -0.367 e. The van der Waals surface area contributed by atoms with Crippen LogP contribution in [-0.2, 0) is 10.0 Å². The van der Waals surface area contributed by atoms with E-state index in [-0.39, 0.29) is 4.90 Å². The summed E-state index contributed by atoms with van der Waals surface area (Å²) >= 11 is 6.19. The maximum Gasteiger partial charge on any atom is 0.268 e. The molecule has 0 N–H and O–H groups in total. The molecular weight excluding hydrogens is 382 g/mol. The van der Waals surface area contributed by atoms with E-state index in [1.807, 2.05) is 18.2 Å². The zero-order valence-electron chi connectivity index (χ0n) is 15.2. The zero-order valence-corrected chi connectivity index (χ0v) is 16.7. The van der Waals surface area contributed by atoms with Crippen molar-refractivity contribution in [3.8, 4) is 0 Å². The molecule has 5 nitrogen and oxygen atoms in total. The summed E-state index contributed by atoms with van der Waals surface area (Å²) in [6.07, 6.45) is 1.74. The van der Waals surface area contributed by atoms with Gasteiger partial charge in [-0.15, -0.1) is 0 Å². The third-order valence-corrected chi connectivity index (χ3v) is 7.10. The standard InChI is InChI=1S/C20H22ClN3O2S/c1-2-22-10-12-23(13-11-22)20-15-24(19-14-16(21)8-9-18(19)20)27(25,26)17-6-4-3-5-7-17/h3-9,14-15H,2,10-13H2,1H3. The van der Waals surface area contributed by atoms with Crippen LogP contribution in [0.1, 0.15) is 6.92 Å². The quantitative estimate of drug-likeness (QED) is 0.666. The molecule has 142 valence electrons. The van der Waals surface area contributed by atoms with Crippen LogP contribution in [0.4, 0.5) is 5.69 Å². The average Bonchev–Trinajstić information content (AvgIpc) is 3.08. The first kappa shape index (κ1) is 18.3. The van der Waals surface area contributed by atoms with Crippen molar-refractivity contribution in [1.29, 1.82) is 0 Å².